The van der Waals surface area contributed by atoms with Gasteiger partial charge in [-0.25, -0.2) is 17.9 Å². The summed E-state index contributed by atoms with van der Waals surface area (Å²) in [4.78, 5) is 22.5. The second-order valence-corrected chi connectivity index (χ2v) is 12.4. The van der Waals surface area contributed by atoms with Crippen LogP contribution in [0, 0.1) is 5.82 Å². The largest absolute Gasteiger partial charge is 0.453 e. The molecule has 0 aliphatic carbocycles. The number of benzene rings is 2. The maximum atomic E-state index is 15.1. The quantitative estimate of drug-likeness (QED) is 0.173. The second kappa shape index (κ2) is 12.9. The first-order valence-electron chi connectivity index (χ1n) is 13.3. The maximum Gasteiger partial charge on any atom is 0.238 e. The number of hydrogen-bond donors (Lipinski definition) is 2. The van der Waals surface area contributed by atoms with E-state index in [0.717, 1.165) is 45.9 Å². The summed E-state index contributed by atoms with van der Waals surface area (Å²) in [6, 6.07) is 18.0. The van der Waals surface area contributed by atoms with E-state index in [-0.39, 0.29) is 29.3 Å². The third-order valence-electron chi connectivity index (χ3n) is 6.45. The van der Waals surface area contributed by atoms with Crippen molar-refractivity contribution < 1.29 is 22.3 Å². The number of nitrogens with zero attached hydrogens (tertiary/aromatic N) is 2. The van der Waals surface area contributed by atoms with Gasteiger partial charge in [-0.3, -0.25) is 14.8 Å². The number of pyridine rings is 2. The first kappa shape index (κ1) is 29.5. The summed E-state index contributed by atoms with van der Waals surface area (Å²) >= 11 is 1.47. The van der Waals surface area contributed by atoms with Crippen molar-refractivity contribution in [1.82, 2.24) is 15.3 Å². The van der Waals surface area contributed by atoms with Crippen molar-refractivity contribution in [1.29, 1.82) is 0 Å². The Labute approximate surface area is 247 Å². The Balaban J connectivity index is 1.27. The van der Waals surface area contributed by atoms with Gasteiger partial charge in [-0.15, -0.1) is 11.3 Å². The lowest BCUT2D eigenvalue weighted by Crippen LogP contribution is -2.13. The van der Waals surface area contributed by atoms with Gasteiger partial charge in [-0.2, -0.15) is 0 Å². The Morgan fingerprint density at radius 3 is 2.48 bits per heavy atom. The van der Waals surface area contributed by atoms with E-state index in [1.54, 1.807) is 24.4 Å². The van der Waals surface area contributed by atoms with Gasteiger partial charge in [0.25, 0.3) is 0 Å². The summed E-state index contributed by atoms with van der Waals surface area (Å²) < 4.78 is 45.0. The van der Waals surface area contributed by atoms with E-state index in [2.05, 4.69) is 22.2 Å². The molecular weight excluding hydrogens is 575 g/mol. The molecule has 2 aromatic carbocycles. The van der Waals surface area contributed by atoms with E-state index < -0.39 is 15.8 Å². The molecule has 42 heavy (non-hydrogen) atoms. The molecule has 3 heterocycles. The minimum atomic E-state index is -3.87. The summed E-state index contributed by atoms with van der Waals surface area (Å²) in [6.07, 6.45) is 4.51. The number of hydrogen-bond acceptors (Lipinski definition) is 8. The number of fused-ring (bicyclic) bond motifs is 1. The monoisotopic (exact) mass is 604 g/mol. The highest BCUT2D eigenvalue weighted by Gasteiger charge is 2.15. The van der Waals surface area contributed by atoms with Crippen LogP contribution in [-0.4, -0.2) is 30.7 Å². The molecule has 0 aliphatic rings. The van der Waals surface area contributed by atoms with Gasteiger partial charge in [0.05, 0.1) is 25.7 Å². The Bertz CT molecular complexity index is 1840. The SMILES string of the molecule is CCCNCc1ccc(-c2cc3nccc(Oc4ccc(CC(=O)Cc5cccc(S(N)(=O)=O)c5)cc4F)c3s2)nc1. The summed E-state index contributed by atoms with van der Waals surface area (Å²) in [7, 11) is -3.87. The lowest BCUT2D eigenvalue weighted by atomic mass is 10.0. The molecule has 0 bridgehead atoms. The molecule has 0 radical (unpaired) electrons. The van der Waals surface area contributed by atoms with E-state index in [4.69, 9.17) is 9.88 Å². The molecule has 0 unspecified atom stereocenters. The summed E-state index contributed by atoms with van der Waals surface area (Å²) in [5, 5.41) is 8.54. The Kier molecular flexibility index (Phi) is 9.03. The molecule has 0 amide bonds. The molecule has 0 saturated heterocycles. The summed E-state index contributed by atoms with van der Waals surface area (Å²) in [5.74, 6) is -0.312. The van der Waals surface area contributed by atoms with Gasteiger partial charge in [0.1, 0.15) is 11.5 Å². The molecule has 3 N–H and O–H groups in total. The molecule has 0 aliphatic heterocycles. The van der Waals surface area contributed by atoms with Gasteiger partial charge < -0.3 is 10.1 Å². The van der Waals surface area contributed by atoms with E-state index in [9.17, 15) is 13.2 Å². The number of aromatic nitrogens is 2. The molecule has 5 aromatic rings. The fourth-order valence-corrected chi connectivity index (χ4v) is 6.04. The molecule has 5 rings (SSSR count). The Morgan fingerprint density at radius 2 is 1.76 bits per heavy atom. The highest BCUT2D eigenvalue weighted by atomic mass is 32.2. The minimum absolute atomic E-state index is 0.00767. The number of carbonyl (C=O) groups excluding carboxylic acids is 1. The van der Waals surface area contributed by atoms with E-state index >= 15 is 4.39 Å². The third kappa shape index (κ3) is 7.24. The minimum Gasteiger partial charge on any atom is -0.453 e. The molecular formula is C31H29FN4O4S2. The highest BCUT2D eigenvalue weighted by Crippen LogP contribution is 2.39. The van der Waals surface area contributed by atoms with Gasteiger partial charge in [0.15, 0.2) is 11.6 Å². The highest BCUT2D eigenvalue weighted by molar-refractivity contribution is 7.89. The Hall–Kier alpha value is -4.03. The number of rotatable bonds is 12. The summed E-state index contributed by atoms with van der Waals surface area (Å²) in [5.41, 5.74) is 3.63. The predicted octanol–water partition coefficient (Wildman–Crippen LogP) is 5.79. The number of carbonyl (C=O) groups is 1. The molecule has 0 spiro atoms. The van der Waals surface area contributed by atoms with Crippen LogP contribution >= 0.6 is 11.3 Å². The molecule has 0 saturated carbocycles. The lowest BCUT2D eigenvalue weighted by Gasteiger charge is -2.09. The van der Waals surface area contributed by atoms with Crippen LogP contribution in [0.15, 0.2) is 84.0 Å². The van der Waals surface area contributed by atoms with Crippen LogP contribution in [-0.2, 0) is 34.2 Å². The molecule has 11 heteroatoms. The van der Waals surface area contributed by atoms with Crippen molar-refractivity contribution in [2.45, 2.75) is 37.6 Å². The van der Waals surface area contributed by atoms with E-state index in [1.165, 1.54) is 41.7 Å². The zero-order valence-electron chi connectivity index (χ0n) is 22.8. The fourth-order valence-electron chi connectivity index (χ4n) is 4.41. The number of halogens is 1. The number of nitrogens with two attached hydrogens (primary N) is 1. The number of ether oxygens (including phenoxy) is 1. The topological polar surface area (TPSA) is 124 Å². The number of sulfonamides is 1. The Morgan fingerprint density at radius 1 is 0.976 bits per heavy atom. The van der Waals surface area contributed by atoms with Crippen molar-refractivity contribution in [2.75, 3.05) is 6.54 Å². The number of thiophene rings is 1. The zero-order chi connectivity index (χ0) is 29.7. The van der Waals surface area contributed by atoms with Crippen LogP contribution < -0.4 is 15.2 Å². The molecule has 216 valence electrons. The molecule has 3 aromatic heterocycles. The summed E-state index contributed by atoms with van der Waals surface area (Å²) in [6.45, 7) is 3.84. The smallest absolute Gasteiger partial charge is 0.238 e. The van der Waals surface area contributed by atoms with Crippen molar-refractivity contribution >= 4 is 37.4 Å². The van der Waals surface area contributed by atoms with Crippen LogP contribution in [0.2, 0.25) is 0 Å². The number of Topliss-reactive ketones (excluding diaryl/α,β-unsaturated/α-hetero) is 1. The van der Waals surface area contributed by atoms with Crippen LogP contribution in [0.4, 0.5) is 4.39 Å². The normalized spacial score (nSPS) is 11.6. The van der Waals surface area contributed by atoms with Gasteiger partial charge >= 0.3 is 0 Å². The second-order valence-electron chi connectivity index (χ2n) is 9.81. The van der Waals surface area contributed by atoms with Crippen LogP contribution in [0.25, 0.3) is 20.8 Å². The first-order valence-corrected chi connectivity index (χ1v) is 15.7. The van der Waals surface area contributed by atoms with E-state index in [1.807, 2.05) is 24.4 Å². The fraction of sp³-hybridized carbons (Fsp3) is 0.194. The van der Waals surface area contributed by atoms with Crippen molar-refractivity contribution in [3.05, 3.63) is 102 Å². The van der Waals surface area contributed by atoms with Gasteiger partial charge in [-0.05, 0) is 66.1 Å². The predicted molar refractivity (Wildman–Crippen MR) is 162 cm³/mol. The van der Waals surface area contributed by atoms with Gasteiger partial charge in [0.2, 0.25) is 10.0 Å². The van der Waals surface area contributed by atoms with Crippen molar-refractivity contribution in [3.63, 3.8) is 0 Å². The number of nitrogens with one attached hydrogen (secondary N) is 1. The van der Waals surface area contributed by atoms with Gasteiger partial charge in [0, 0.05) is 37.8 Å². The van der Waals surface area contributed by atoms with Crippen LogP contribution in [0.3, 0.4) is 0 Å². The third-order valence-corrected chi connectivity index (χ3v) is 8.53. The van der Waals surface area contributed by atoms with Gasteiger partial charge in [-0.1, -0.05) is 31.2 Å². The average molecular weight is 605 g/mol. The molecule has 0 fully saturated rings. The average Bonchev–Trinajstić information content (AvgIpc) is 3.40. The maximum absolute atomic E-state index is 15.1. The molecule has 0 atom stereocenters. The number of ketones is 1. The van der Waals surface area contributed by atoms with Crippen LogP contribution in [0.1, 0.15) is 30.0 Å². The first-order chi connectivity index (χ1) is 20.2. The van der Waals surface area contributed by atoms with Crippen molar-refractivity contribution in [3.8, 4) is 22.1 Å². The van der Waals surface area contributed by atoms with Crippen LogP contribution in [0.5, 0.6) is 11.5 Å². The standard InChI is InChI=1S/C31H29FN4O4S2/c1-2-11-34-18-22-6-8-26(36-19-22)30-17-27-31(41-30)29(10-12-35-27)40-28-9-7-21(16-25(28)32)14-23(37)13-20-4-3-5-24(15-20)42(33,38)39/h3-10,12,15-17,19,34H,2,11,13-14,18H2,1H3,(H2,33,38,39). The zero-order valence-corrected chi connectivity index (χ0v) is 24.5. The van der Waals surface area contributed by atoms with Crippen molar-refractivity contribution in [2.24, 2.45) is 5.14 Å². The molecule has 8 nitrogen and oxygen atoms in total. The van der Waals surface area contributed by atoms with E-state index in [0.29, 0.717) is 16.9 Å². The lowest BCUT2D eigenvalue weighted by molar-refractivity contribution is -0.117. The number of primary sulfonamides is 1.